The first-order chi connectivity index (χ1) is 13.9. The van der Waals surface area contributed by atoms with Crippen LogP contribution < -0.4 is 5.43 Å². The number of para-hydroxylation sites is 1. The van der Waals surface area contributed by atoms with Gasteiger partial charge < -0.3 is 8.98 Å². The summed E-state index contributed by atoms with van der Waals surface area (Å²) in [7, 11) is 0. The van der Waals surface area contributed by atoms with Gasteiger partial charge in [-0.2, -0.15) is 5.10 Å². The van der Waals surface area contributed by atoms with Gasteiger partial charge in [0.1, 0.15) is 5.58 Å². The number of hydrogen-bond donors (Lipinski definition) is 1. The highest BCUT2D eigenvalue weighted by atomic mass is 35.5. The zero-order valence-electron chi connectivity index (χ0n) is 16.4. The van der Waals surface area contributed by atoms with Crippen LogP contribution in [0.15, 0.2) is 64.1 Å². The van der Waals surface area contributed by atoms with Crippen molar-refractivity contribution in [3.63, 3.8) is 0 Å². The van der Waals surface area contributed by atoms with Crippen LogP contribution in [0.4, 0.5) is 0 Å². The van der Waals surface area contributed by atoms with E-state index in [0.29, 0.717) is 10.6 Å². The molecule has 0 unspecified atom stereocenters. The van der Waals surface area contributed by atoms with Crippen molar-refractivity contribution >= 4 is 34.7 Å². The molecule has 0 aliphatic carbocycles. The van der Waals surface area contributed by atoms with Crippen molar-refractivity contribution in [2.45, 2.75) is 20.8 Å². The highest BCUT2D eigenvalue weighted by Crippen LogP contribution is 2.25. The molecule has 0 atom stereocenters. The summed E-state index contributed by atoms with van der Waals surface area (Å²) in [4.78, 5) is 12.3. The molecule has 1 amide bonds. The van der Waals surface area contributed by atoms with Crippen molar-refractivity contribution < 1.29 is 9.21 Å². The van der Waals surface area contributed by atoms with Gasteiger partial charge in [-0.1, -0.05) is 35.9 Å². The van der Waals surface area contributed by atoms with Crippen molar-refractivity contribution in [3.8, 4) is 5.69 Å². The molecule has 146 valence electrons. The molecular weight excluding hydrogens is 386 g/mol. The molecule has 1 N–H and O–H groups in total. The van der Waals surface area contributed by atoms with Crippen LogP contribution in [0.5, 0.6) is 0 Å². The van der Waals surface area contributed by atoms with E-state index in [1.165, 1.54) is 0 Å². The molecule has 0 radical (unpaired) electrons. The minimum atomic E-state index is -0.392. The van der Waals surface area contributed by atoms with E-state index in [1.807, 2.05) is 69.3 Å². The first kappa shape index (κ1) is 19.0. The van der Waals surface area contributed by atoms with Crippen LogP contribution in [0, 0.1) is 20.8 Å². The molecule has 4 rings (SSSR count). The zero-order chi connectivity index (χ0) is 20.5. The van der Waals surface area contributed by atoms with E-state index in [9.17, 15) is 4.79 Å². The van der Waals surface area contributed by atoms with E-state index in [-0.39, 0.29) is 5.76 Å². The lowest BCUT2D eigenvalue weighted by atomic mass is 10.2. The van der Waals surface area contributed by atoms with Crippen molar-refractivity contribution in [2.24, 2.45) is 5.10 Å². The number of halogens is 1. The third-order valence-electron chi connectivity index (χ3n) is 4.90. The van der Waals surface area contributed by atoms with E-state index < -0.39 is 5.91 Å². The van der Waals surface area contributed by atoms with Crippen molar-refractivity contribution in [1.29, 1.82) is 0 Å². The quantitative estimate of drug-likeness (QED) is 0.356. The number of aromatic nitrogens is 1. The average Bonchev–Trinajstić information content (AvgIpc) is 3.25. The number of furan rings is 1. The van der Waals surface area contributed by atoms with Gasteiger partial charge in [0.05, 0.1) is 6.21 Å². The summed E-state index contributed by atoms with van der Waals surface area (Å²) in [5.74, 6) is -0.166. The Morgan fingerprint density at radius 3 is 2.69 bits per heavy atom. The fraction of sp³-hybridized carbons (Fsp3) is 0.130. The molecule has 0 aliphatic heterocycles. The van der Waals surface area contributed by atoms with Crippen molar-refractivity contribution in [3.05, 3.63) is 87.9 Å². The van der Waals surface area contributed by atoms with E-state index in [1.54, 1.807) is 12.3 Å². The Morgan fingerprint density at radius 2 is 1.90 bits per heavy atom. The molecule has 6 heteroatoms. The molecule has 2 aromatic heterocycles. The molecule has 2 aromatic carbocycles. The Morgan fingerprint density at radius 1 is 1.10 bits per heavy atom. The summed E-state index contributed by atoms with van der Waals surface area (Å²) >= 11 is 6.19. The lowest BCUT2D eigenvalue weighted by Gasteiger charge is -2.13. The Balaban J connectivity index is 1.56. The number of hydrazone groups is 1. The summed E-state index contributed by atoms with van der Waals surface area (Å²) < 4.78 is 7.69. The Hall–Kier alpha value is -3.31. The summed E-state index contributed by atoms with van der Waals surface area (Å²) in [6, 6.07) is 17.0. The normalized spacial score (nSPS) is 11.4. The fourth-order valence-electron chi connectivity index (χ4n) is 3.42. The van der Waals surface area contributed by atoms with E-state index in [4.69, 9.17) is 16.0 Å². The molecule has 5 nitrogen and oxygen atoms in total. The van der Waals surface area contributed by atoms with Gasteiger partial charge in [-0.3, -0.25) is 4.79 Å². The number of nitrogens with zero attached hydrogens (tertiary/aromatic N) is 2. The molecule has 4 aromatic rings. The molecule has 2 heterocycles. The van der Waals surface area contributed by atoms with Gasteiger partial charge in [-0.15, -0.1) is 0 Å². The summed E-state index contributed by atoms with van der Waals surface area (Å²) in [6.45, 7) is 6.08. The maximum atomic E-state index is 12.3. The van der Waals surface area contributed by atoms with Crippen LogP contribution in [-0.4, -0.2) is 16.7 Å². The van der Waals surface area contributed by atoms with E-state index in [0.717, 1.165) is 33.6 Å². The second-order valence-corrected chi connectivity index (χ2v) is 7.38. The smallest absolute Gasteiger partial charge is 0.307 e. The summed E-state index contributed by atoms with van der Waals surface area (Å²) in [5.41, 5.74) is 8.32. The second-order valence-electron chi connectivity index (χ2n) is 6.94. The van der Waals surface area contributed by atoms with Crippen LogP contribution in [0.3, 0.4) is 0 Å². The minimum Gasteiger partial charge on any atom is -0.451 e. The molecule has 0 saturated carbocycles. The first-order valence-electron chi connectivity index (χ1n) is 9.21. The number of hydrogen-bond acceptors (Lipinski definition) is 3. The van der Waals surface area contributed by atoms with Gasteiger partial charge in [-0.25, -0.2) is 5.43 Å². The number of fused-ring (bicyclic) bond motifs is 1. The Bertz CT molecular complexity index is 1220. The van der Waals surface area contributed by atoms with Gasteiger partial charge in [0.15, 0.2) is 5.76 Å². The molecule has 0 bridgehead atoms. The van der Waals surface area contributed by atoms with Gasteiger partial charge in [0.2, 0.25) is 0 Å². The van der Waals surface area contributed by atoms with Gasteiger partial charge in [0.25, 0.3) is 0 Å². The predicted molar refractivity (Wildman–Crippen MR) is 116 cm³/mol. The van der Waals surface area contributed by atoms with Gasteiger partial charge >= 0.3 is 5.91 Å². The molecule has 0 fully saturated rings. The first-order valence-corrected chi connectivity index (χ1v) is 9.59. The Kier molecular flexibility index (Phi) is 4.99. The number of rotatable bonds is 4. The monoisotopic (exact) mass is 405 g/mol. The largest absolute Gasteiger partial charge is 0.451 e. The lowest BCUT2D eigenvalue weighted by molar-refractivity contribution is 0.0929. The third-order valence-corrected chi connectivity index (χ3v) is 5.14. The van der Waals surface area contributed by atoms with E-state index >= 15 is 0 Å². The molecule has 0 aliphatic rings. The molecular formula is C23H20ClN3O2. The van der Waals surface area contributed by atoms with E-state index in [2.05, 4.69) is 15.1 Å². The summed E-state index contributed by atoms with van der Waals surface area (Å²) in [5, 5.41) is 5.68. The third kappa shape index (κ3) is 3.69. The van der Waals surface area contributed by atoms with Crippen LogP contribution in [-0.2, 0) is 0 Å². The van der Waals surface area contributed by atoms with Gasteiger partial charge in [-0.05, 0) is 56.7 Å². The van der Waals surface area contributed by atoms with Crippen LogP contribution in [0.25, 0.3) is 16.7 Å². The van der Waals surface area contributed by atoms with Crippen molar-refractivity contribution in [1.82, 2.24) is 9.99 Å². The highest BCUT2D eigenvalue weighted by molar-refractivity contribution is 6.30. The number of carbonyl (C=O) groups excluding carboxylic acids is 1. The van der Waals surface area contributed by atoms with Crippen LogP contribution >= 0.6 is 11.6 Å². The lowest BCUT2D eigenvalue weighted by Crippen LogP contribution is -2.16. The maximum absolute atomic E-state index is 12.3. The fourth-order valence-corrected chi connectivity index (χ4v) is 3.59. The number of aryl methyl sites for hydroxylation is 2. The second kappa shape index (κ2) is 7.60. The number of nitrogens with one attached hydrogen (secondary N) is 1. The highest BCUT2D eigenvalue weighted by Gasteiger charge is 2.13. The molecule has 0 spiro atoms. The Labute approximate surface area is 173 Å². The predicted octanol–water partition coefficient (Wildman–Crippen LogP) is 5.57. The van der Waals surface area contributed by atoms with Crippen LogP contribution in [0.1, 0.15) is 33.1 Å². The number of amides is 1. The average molecular weight is 406 g/mol. The maximum Gasteiger partial charge on any atom is 0.307 e. The standard InChI is InChI=1S/C23H20ClN3O2/c1-14-8-9-19(24)12-20(14)27-15(2)10-18(16(27)3)13-25-26-23(28)22-11-17-6-4-5-7-21(17)29-22/h4-13H,1-3H3,(H,26,28)/b25-13+. The molecule has 29 heavy (non-hydrogen) atoms. The topological polar surface area (TPSA) is 59.5 Å². The van der Waals surface area contributed by atoms with Crippen molar-refractivity contribution in [2.75, 3.05) is 0 Å². The SMILES string of the molecule is Cc1ccc(Cl)cc1-n1c(C)cc(/C=N/NC(=O)c2cc3ccccc3o2)c1C. The summed E-state index contributed by atoms with van der Waals surface area (Å²) in [6.07, 6.45) is 1.64. The zero-order valence-corrected chi connectivity index (χ0v) is 17.1. The van der Waals surface area contributed by atoms with Gasteiger partial charge in [0, 0.05) is 33.0 Å². The minimum absolute atomic E-state index is 0.225. The number of benzene rings is 2. The number of carbonyl (C=O) groups is 1. The van der Waals surface area contributed by atoms with Crippen LogP contribution in [0.2, 0.25) is 5.02 Å². The molecule has 0 saturated heterocycles.